The van der Waals surface area contributed by atoms with E-state index in [9.17, 15) is 5.11 Å². The largest absolute Gasteiger partial charge is 0.494 e. The van der Waals surface area contributed by atoms with E-state index in [0.29, 0.717) is 16.4 Å². The van der Waals surface area contributed by atoms with Crippen LogP contribution >= 0.6 is 27.3 Å². The van der Waals surface area contributed by atoms with Gasteiger partial charge in [0.1, 0.15) is 5.69 Å². The minimum Gasteiger partial charge on any atom is -0.494 e. The van der Waals surface area contributed by atoms with E-state index in [-0.39, 0.29) is 11.6 Å². The highest BCUT2D eigenvalue weighted by atomic mass is 79.9. The highest BCUT2D eigenvalue weighted by molar-refractivity contribution is 9.10. The van der Waals surface area contributed by atoms with Crippen LogP contribution in [0.2, 0.25) is 0 Å². The van der Waals surface area contributed by atoms with Gasteiger partial charge in [0, 0.05) is 20.8 Å². The van der Waals surface area contributed by atoms with Gasteiger partial charge in [0.25, 0.3) is 0 Å². The predicted molar refractivity (Wildman–Crippen MR) is 80.1 cm³/mol. The number of aromatic amines is 1. The Hall–Kier alpha value is -1.86. The van der Waals surface area contributed by atoms with Crippen LogP contribution in [-0.2, 0) is 0 Å². The average Bonchev–Trinajstić information content (AvgIpc) is 2.91. The monoisotopic (exact) mass is 336 g/mol. The molecule has 1 aromatic carbocycles. The molecule has 0 unspecified atom stereocenters. The molecule has 2 aromatic heterocycles. The van der Waals surface area contributed by atoms with Crippen molar-refractivity contribution in [3.8, 4) is 5.88 Å². The number of fused-ring (bicyclic) bond motifs is 1. The summed E-state index contributed by atoms with van der Waals surface area (Å²) in [6.45, 7) is 0. The molecule has 96 valence electrons. The van der Waals surface area contributed by atoms with Crippen LogP contribution in [0.15, 0.2) is 28.1 Å². The van der Waals surface area contributed by atoms with Gasteiger partial charge in [-0.3, -0.25) is 5.41 Å². The lowest BCUT2D eigenvalue weighted by molar-refractivity contribution is 0.457. The second-order valence-electron chi connectivity index (χ2n) is 3.98. The fourth-order valence-electron chi connectivity index (χ4n) is 1.93. The summed E-state index contributed by atoms with van der Waals surface area (Å²) in [5.41, 5.74) is 7.38. The van der Waals surface area contributed by atoms with Gasteiger partial charge in [-0.05, 0) is 18.2 Å². The molecule has 3 rings (SSSR count). The molecule has 0 radical (unpaired) electrons. The number of halogens is 1. The average molecular weight is 337 g/mol. The molecule has 0 spiro atoms. The molecular weight excluding hydrogens is 328 g/mol. The van der Waals surface area contributed by atoms with Crippen LogP contribution in [-0.4, -0.2) is 20.8 Å². The Balaban J connectivity index is 2.21. The first-order chi connectivity index (χ1) is 9.06. The Bertz CT molecular complexity index is 792. The maximum Gasteiger partial charge on any atom is 0.199 e. The SMILES string of the molecule is N=C(c1csc(N)n1)c1c(O)[nH]c2ccc(Br)cc12. The van der Waals surface area contributed by atoms with Crippen molar-refractivity contribution >= 4 is 49.0 Å². The van der Waals surface area contributed by atoms with Crippen LogP contribution in [0.5, 0.6) is 5.88 Å². The van der Waals surface area contributed by atoms with Gasteiger partial charge in [-0.1, -0.05) is 15.9 Å². The second kappa shape index (κ2) is 4.36. The number of rotatable bonds is 2. The summed E-state index contributed by atoms with van der Waals surface area (Å²) in [5.74, 6) is -0.0373. The van der Waals surface area contributed by atoms with Gasteiger partial charge in [-0.15, -0.1) is 11.3 Å². The van der Waals surface area contributed by atoms with Crippen LogP contribution in [0.4, 0.5) is 5.13 Å². The first-order valence-electron chi connectivity index (χ1n) is 5.37. The van der Waals surface area contributed by atoms with E-state index >= 15 is 0 Å². The molecule has 0 bridgehead atoms. The first-order valence-corrected chi connectivity index (χ1v) is 7.04. The quantitative estimate of drug-likeness (QED) is 0.541. The molecular formula is C12H9BrN4OS. The number of H-pyrrole nitrogens is 1. The van der Waals surface area contributed by atoms with Gasteiger partial charge in [0.15, 0.2) is 11.0 Å². The molecule has 5 N–H and O–H groups in total. The van der Waals surface area contributed by atoms with Crippen molar-refractivity contribution in [1.82, 2.24) is 9.97 Å². The smallest absolute Gasteiger partial charge is 0.199 e. The van der Waals surface area contributed by atoms with Crippen LogP contribution < -0.4 is 5.73 Å². The molecule has 0 aliphatic carbocycles. The van der Waals surface area contributed by atoms with Gasteiger partial charge in [-0.2, -0.15) is 0 Å². The van der Waals surface area contributed by atoms with E-state index in [1.54, 1.807) is 5.38 Å². The number of nitrogens with two attached hydrogens (primary N) is 1. The first kappa shape index (κ1) is 12.2. The molecule has 0 fully saturated rings. The van der Waals surface area contributed by atoms with Crippen molar-refractivity contribution in [2.75, 3.05) is 5.73 Å². The zero-order valence-corrected chi connectivity index (χ0v) is 12.0. The Labute approximate surface area is 120 Å². The molecule has 0 aliphatic heterocycles. The van der Waals surface area contributed by atoms with Crippen molar-refractivity contribution in [2.24, 2.45) is 0 Å². The molecule has 2 heterocycles. The predicted octanol–water partition coefficient (Wildman–Crippen LogP) is 3.09. The number of aromatic hydroxyl groups is 1. The van der Waals surface area contributed by atoms with Crippen LogP contribution in [0.3, 0.4) is 0 Å². The number of nitrogens with one attached hydrogen (secondary N) is 2. The maximum absolute atomic E-state index is 10.00. The van der Waals surface area contributed by atoms with E-state index in [4.69, 9.17) is 11.1 Å². The van der Waals surface area contributed by atoms with E-state index in [1.165, 1.54) is 11.3 Å². The number of anilines is 1. The number of nitrogens with zero attached hydrogens (tertiary/aromatic N) is 1. The number of hydrogen-bond acceptors (Lipinski definition) is 5. The third-order valence-corrected chi connectivity index (χ3v) is 3.94. The molecule has 3 aromatic rings. The third-order valence-electron chi connectivity index (χ3n) is 2.77. The van der Waals surface area contributed by atoms with Gasteiger partial charge >= 0.3 is 0 Å². The summed E-state index contributed by atoms with van der Waals surface area (Å²) in [7, 11) is 0. The summed E-state index contributed by atoms with van der Waals surface area (Å²) < 4.78 is 0.880. The van der Waals surface area contributed by atoms with E-state index in [1.807, 2.05) is 18.2 Å². The lowest BCUT2D eigenvalue weighted by Gasteiger charge is -2.00. The number of thiazole rings is 1. The van der Waals surface area contributed by atoms with E-state index in [2.05, 4.69) is 25.9 Å². The van der Waals surface area contributed by atoms with Gasteiger partial charge in [0.05, 0.1) is 11.3 Å². The number of hydrogen-bond donors (Lipinski definition) is 4. The highest BCUT2D eigenvalue weighted by Gasteiger charge is 2.18. The van der Waals surface area contributed by atoms with Crippen molar-refractivity contribution in [1.29, 1.82) is 5.41 Å². The highest BCUT2D eigenvalue weighted by Crippen LogP contribution is 2.31. The van der Waals surface area contributed by atoms with Crippen LogP contribution in [0.25, 0.3) is 10.9 Å². The van der Waals surface area contributed by atoms with Crippen molar-refractivity contribution < 1.29 is 5.11 Å². The Morgan fingerprint density at radius 1 is 1.47 bits per heavy atom. The summed E-state index contributed by atoms with van der Waals surface area (Å²) >= 11 is 4.65. The Morgan fingerprint density at radius 2 is 2.26 bits per heavy atom. The lowest BCUT2D eigenvalue weighted by atomic mass is 10.1. The Kier molecular flexibility index (Phi) is 2.79. The molecule has 0 atom stereocenters. The molecule has 0 aliphatic rings. The standard InChI is InChI=1S/C12H9BrN4OS/c13-5-1-2-7-6(3-5)9(11(18)16-7)10(14)8-4-19-12(15)17-8/h1-4,14,16,18H,(H2,15,17). The zero-order valence-electron chi connectivity index (χ0n) is 9.57. The molecule has 0 saturated carbocycles. The fourth-order valence-corrected chi connectivity index (χ4v) is 2.85. The zero-order chi connectivity index (χ0) is 13.6. The van der Waals surface area contributed by atoms with E-state index in [0.717, 1.165) is 15.4 Å². The van der Waals surface area contributed by atoms with Crippen LogP contribution in [0.1, 0.15) is 11.3 Å². The number of nitrogen functional groups attached to an aromatic ring is 1. The van der Waals surface area contributed by atoms with Gasteiger partial charge < -0.3 is 15.8 Å². The summed E-state index contributed by atoms with van der Waals surface area (Å²) in [6, 6.07) is 5.56. The van der Waals surface area contributed by atoms with E-state index < -0.39 is 0 Å². The van der Waals surface area contributed by atoms with Gasteiger partial charge in [0.2, 0.25) is 0 Å². The van der Waals surface area contributed by atoms with Crippen molar-refractivity contribution in [2.45, 2.75) is 0 Å². The van der Waals surface area contributed by atoms with Crippen molar-refractivity contribution in [3.05, 3.63) is 39.3 Å². The maximum atomic E-state index is 10.00. The topological polar surface area (TPSA) is 98.8 Å². The normalized spacial score (nSPS) is 11.0. The lowest BCUT2D eigenvalue weighted by Crippen LogP contribution is -2.01. The van der Waals surface area contributed by atoms with Gasteiger partial charge in [-0.25, -0.2) is 4.98 Å². The molecule has 0 amide bonds. The molecule has 19 heavy (non-hydrogen) atoms. The van der Waals surface area contributed by atoms with Crippen molar-refractivity contribution in [3.63, 3.8) is 0 Å². The third kappa shape index (κ3) is 2.00. The molecule has 7 heteroatoms. The molecule has 0 saturated heterocycles. The summed E-state index contributed by atoms with van der Waals surface area (Å²) in [4.78, 5) is 6.92. The summed E-state index contributed by atoms with van der Waals surface area (Å²) in [5, 5.41) is 21.1. The van der Waals surface area contributed by atoms with Crippen LogP contribution in [0, 0.1) is 5.41 Å². The number of aromatic nitrogens is 2. The second-order valence-corrected chi connectivity index (χ2v) is 5.79. The summed E-state index contributed by atoms with van der Waals surface area (Å²) in [6.07, 6.45) is 0. The fraction of sp³-hybridized carbons (Fsp3) is 0. The minimum absolute atomic E-state index is 0.0373. The minimum atomic E-state index is -0.0373. The number of benzene rings is 1. The Morgan fingerprint density at radius 3 is 2.95 bits per heavy atom. The molecule has 5 nitrogen and oxygen atoms in total.